The Bertz CT molecular complexity index is 541. The molecule has 22 heavy (non-hydrogen) atoms. The minimum Gasteiger partial charge on any atom is -0.462 e. The summed E-state index contributed by atoms with van der Waals surface area (Å²) in [7, 11) is 1.68. The molecule has 1 N–H and O–H groups in total. The lowest BCUT2D eigenvalue weighted by atomic mass is 10.0. The van der Waals surface area contributed by atoms with E-state index in [1.165, 1.54) is 17.3 Å². The molecule has 122 valence electrons. The molecule has 1 aromatic heterocycles. The summed E-state index contributed by atoms with van der Waals surface area (Å²) in [5, 5.41) is 6.81. The molecular weight excluding hydrogens is 284 g/mol. The van der Waals surface area contributed by atoms with E-state index in [0.717, 1.165) is 19.4 Å². The molecule has 1 saturated heterocycles. The van der Waals surface area contributed by atoms with Gasteiger partial charge >= 0.3 is 5.97 Å². The lowest BCUT2D eigenvalue weighted by Crippen LogP contribution is -2.42. The number of carbonyl (C=O) groups excluding carboxylic acids is 2. The van der Waals surface area contributed by atoms with Gasteiger partial charge < -0.3 is 10.1 Å². The molecule has 2 heterocycles. The first-order valence-electron chi connectivity index (χ1n) is 7.76. The van der Waals surface area contributed by atoms with E-state index in [1.807, 2.05) is 0 Å². The fraction of sp³-hybridized carbons (Fsp3) is 0.667. The van der Waals surface area contributed by atoms with Gasteiger partial charge in [0, 0.05) is 13.1 Å². The van der Waals surface area contributed by atoms with Crippen molar-refractivity contribution in [2.24, 2.45) is 7.05 Å². The molecule has 1 aliphatic heterocycles. The molecule has 0 bridgehead atoms. The molecule has 1 amide bonds. The summed E-state index contributed by atoms with van der Waals surface area (Å²) < 4.78 is 6.45. The number of nitrogens with one attached hydrogen (secondary N) is 1. The predicted molar refractivity (Wildman–Crippen MR) is 82.7 cm³/mol. The van der Waals surface area contributed by atoms with Gasteiger partial charge in [-0.2, -0.15) is 5.10 Å². The van der Waals surface area contributed by atoms with Gasteiger partial charge in [0.2, 0.25) is 5.91 Å². The van der Waals surface area contributed by atoms with Crippen LogP contribution in [0.4, 0.5) is 5.82 Å². The second-order valence-electron chi connectivity index (χ2n) is 5.61. The third kappa shape index (κ3) is 3.85. The number of aryl methyl sites for hydroxylation is 1. The first kappa shape index (κ1) is 16.5. The van der Waals surface area contributed by atoms with Gasteiger partial charge in [-0.3, -0.25) is 14.4 Å². The fourth-order valence-electron chi connectivity index (χ4n) is 2.69. The van der Waals surface area contributed by atoms with Gasteiger partial charge in [-0.1, -0.05) is 6.42 Å². The molecule has 0 saturated carbocycles. The summed E-state index contributed by atoms with van der Waals surface area (Å²) in [6.45, 7) is 5.43. The van der Waals surface area contributed by atoms with Crippen LogP contribution in [-0.4, -0.2) is 52.3 Å². The standard InChI is InChI=1S/C15H24N4O3/c1-4-22-15(21)12-9-16-18(3)14(12)17-13(20)10-19-8-6-5-7-11(19)2/h9,11H,4-8,10H2,1-3H3,(H,17,20)/t11-/m1/s1. The summed E-state index contributed by atoms with van der Waals surface area (Å²) in [5.41, 5.74) is 0.282. The minimum atomic E-state index is -0.475. The van der Waals surface area contributed by atoms with E-state index in [4.69, 9.17) is 4.74 Å². The Morgan fingerprint density at radius 1 is 1.45 bits per heavy atom. The number of rotatable bonds is 5. The molecule has 0 aromatic carbocycles. The Morgan fingerprint density at radius 2 is 2.23 bits per heavy atom. The maximum absolute atomic E-state index is 12.3. The van der Waals surface area contributed by atoms with E-state index in [-0.39, 0.29) is 18.1 Å². The lowest BCUT2D eigenvalue weighted by molar-refractivity contribution is -0.118. The molecule has 1 atom stereocenters. The molecule has 1 aliphatic rings. The van der Waals surface area contributed by atoms with Crippen LogP contribution in [0, 0.1) is 0 Å². The SMILES string of the molecule is CCOC(=O)c1cnn(C)c1NC(=O)CN1CCCC[C@H]1C. The third-order valence-electron chi connectivity index (χ3n) is 3.98. The number of nitrogens with zero attached hydrogens (tertiary/aromatic N) is 3. The summed E-state index contributed by atoms with van der Waals surface area (Å²) in [6.07, 6.45) is 4.87. The van der Waals surface area contributed by atoms with Crippen LogP contribution in [0.1, 0.15) is 43.5 Å². The number of anilines is 1. The van der Waals surface area contributed by atoms with Crippen molar-refractivity contribution in [1.82, 2.24) is 14.7 Å². The molecule has 0 spiro atoms. The van der Waals surface area contributed by atoms with Crippen molar-refractivity contribution in [2.45, 2.75) is 39.2 Å². The zero-order valence-corrected chi connectivity index (χ0v) is 13.5. The zero-order chi connectivity index (χ0) is 16.1. The summed E-state index contributed by atoms with van der Waals surface area (Å²) in [6, 6.07) is 0.413. The minimum absolute atomic E-state index is 0.136. The monoisotopic (exact) mass is 308 g/mol. The Balaban J connectivity index is 2.02. The van der Waals surface area contributed by atoms with Crippen LogP contribution in [0.5, 0.6) is 0 Å². The topological polar surface area (TPSA) is 76.5 Å². The van der Waals surface area contributed by atoms with Crippen LogP contribution in [0.3, 0.4) is 0 Å². The van der Waals surface area contributed by atoms with Crippen LogP contribution in [0.25, 0.3) is 0 Å². The highest BCUT2D eigenvalue weighted by Crippen LogP contribution is 2.18. The van der Waals surface area contributed by atoms with Crippen molar-refractivity contribution in [2.75, 3.05) is 25.0 Å². The fourth-order valence-corrected chi connectivity index (χ4v) is 2.69. The zero-order valence-electron chi connectivity index (χ0n) is 13.5. The Morgan fingerprint density at radius 3 is 2.91 bits per heavy atom. The third-order valence-corrected chi connectivity index (χ3v) is 3.98. The molecular formula is C15H24N4O3. The first-order chi connectivity index (χ1) is 10.5. The van der Waals surface area contributed by atoms with Crippen LogP contribution in [0.2, 0.25) is 0 Å². The molecule has 1 aromatic rings. The van der Waals surface area contributed by atoms with Gasteiger partial charge in [-0.15, -0.1) is 0 Å². The molecule has 2 rings (SSSR count). The number of hydrogen-bond donors (Lipinski definition) is 1. The molecule has 7 heteroatoms. The highest BCUT2D eigenvalue weighted by Gasteiger charge is 2.23. The Kier molecular flexibility index (Phi) is 5.54. The quantitative estimate of drug-likeness (QED) is 0.832. The van der Waals surface area contributed by atoms with E-state index in [0.29, 0.717) is 18.4 Å². The number of esters is 1. The number of ether oxygens (including phenoxy) is 1. The van der Waals surface area contributed by atoms with E-state index < -0.39 is 5.97 Å². The van der Waals surface area contributed by atoms with Crippen molar-refractivity contribution >= 4 is 17.7 Å². The van der Waals surface area contributed by atoms with Crippen LogP contribution < -0.4 is 5.32 Å². The maximum Gasteiger partial charge on any atom is 0.343 e. The molecule has 0 aliphatic carbocycles. The largest absolute Gasteiger partial charge is 0.462 e. The molecule has 1 fully saturated rings. The first-order valence-corrected chi connectivity index (χ1v) is 7.76. The maximum atomic E-state index is 12.3. The van der Waals surface area contributed by atoms with Crippen molar-refractivity contribution in [3.63, 3.8) is 0 Å². The predicted octanol–water partition coefficient (Wildman–Crippen LogP) is 1.41. The lowest BCUT2D eigenvalue weighted by Gasteiger charge is -2.32. The van der Waals surface area contributed by atoms with Crippen LogP contribution in [-0.2, 0) is 16.6 Å². The number of aromatic nitrogens is 2. The van der Waals surface area contributed by atoms with E-state index >= 15 is 0 Å². The van der Waals surface area contributed by atoms with Crippen molar-refractivity contribution in [1.29, 1.82) is 0 Å². The van der Waals surface area contributed by atoms with Crippen molar-refractivity contribution < 1.29 is 14.3 Å². The number of carbonyl (C=O) groups is 2. The Labute approximate surface area is 130 Å². The number of likely N-dealkylation sites (tertiary alicyclic amines) is 1. The summed E-state index contributed by atoms with van der Waals surface area (Å²) in [4.78, 5) is 26.3. The Hall–Kier alpha value is -1.89. The normalized spacial score (nSPS) is 19.0. The second kappa shape index (κ2) is 7.40. The highest BCUT2D eigenvalue weighted by atomic mass is 16.5. The second-order valence-corrected chi connectivity index (χ2v) is 5.61. The smallest absolute Gasteiger partial charge is 0.343 e. The molecule has 0 unspecified atom stereocenters. The van der Waals surface area contributed by atoms with E-state index in [1.54, 1.807) is 14.0 Å². The van der Waals surface area contributed by atoms with E-state index in [9.17, 15) is 9.59 Å². The number of hydrogen-bond acceptors (Lipinski definition) is 5. The average Bonchev–Trinajstić information content (AvgIpc) is 2.83. The van der Waals surface area contributed by atoms with E-state index in [2.05, 4.69) is 22.2 Å². The summed E-state index contributed by atoms with van der Waals surface area (Å²) in [5.74, 6) is -0.228. The van der Waals surface area contributed by atoms with Gasteiger partial charge in [-0.25, -0.2) is 4.79 Å². The van der Waals surface area contributed by atoms with Crippen molar-refractivity contribution in [3.05, 3.63) is 11.8 Å². The average molecular weight is 308 g/mol. The van der Waals surface area contributed by atoms with Crippen LogP contribution in [0.15, 0.2) is 6.20 Å². The van der Waals surface area contributed by atoms with Gasteiger partial charge in [0.1, 0.15) is 11.4 Å². The highest BCUT2D eigenvalue weighted by molar-refractivity contribution is 6.00. The number of amides is 1. The van der Waals surface area contributed by atoms with Crippen molar-refractivity contribution in [3.8, 4) is 0 Å². The van der Waals surface area contributed by atoms with Crippen LogP contribution >= 0.6 is 0 Å². The van der Waals surface area contributed by atoms with Gasteiger partial charge in [0.15, 0.2) is 0 Å². The number of piperidine rings is 1. The van der Waals surface area contributed by atoms with Gasteiger partial charge in [-0.05, 0) is 33.2 Å². The van der Waals surface area contributed by atoms with Gasteiger partial charge in [0.25, 0.3) is 0 Å². The molecule has 7 nitrogen and oxygen atoms in total. The molecule has 0 radical (unpaired) electrons. The summed E-state index contributed by atoms with van der Waals surface area (Å²) >= 11 is 0. The van der Waals surface area contributed by atoms with Gasteiger partial charge in [0.05, 0.1) is 19.3 Å².